The fraction of sp³-hybridized carbons (Fsp3) is 0.423. The fourth-order valence-electron chi connectivity index (χ4n) is 3.80. The molecular weight excluding hydrogens is 424 g/mol. The van der Waals surface area contributed by atoms with Crippen molar-refractivity contribution < 1.29 is 18.6 Å². The Bertz CT molecular complexity index is 1000. The highest BCUT2D eigenvalue weighted by atomic mass is 19.1. The van der Waals surface area contributed by atoms with Gasteiger partial charge in [-0.3, -0.25) is 4.90 Å². The van der Waals surface area contributed by atoms with Gasteiger partial charge in [-0.1, -0.05) is 26.7 Å². The quantitative estimate of drug-likeness (QED) is 0.362. The van der Waals surface area contributed by atoms with Crippen molar-refractivity contribution in [3.63, 3.8) is 0 Å². The van der Waals surface area contributed by atoms with Crippen LogP contribution in [-0.2, 0) is 6.54 Å². The topological polar surface area (TPSA) is 50.5 Å². The molecule has 0 unspecified atom stereocenters. The molecule has 0 radical (unpaired) electrons. The molecule has 33 heavy (non-hydrogen) atoms. The molecule has 0 aliphatic carbocycles. The molecule has 0 amide bonds. The van der Waals surface area contributed by atoms with Crippen LogP contribution in [0, 0.1) is 18.6 Å². The van der Waals surface area contributed by atoms with Gasteiger partial charge in [-0.25, -0.2) is 13.5 Å². The summed E-state index contributed by atoms with van der Waals surface area (Å²) in [6, 6.07) is 11.8. The number of rotatable bonds is 12. The van der Waals surface area contributed by atoms with Crippen LogP contribution in [0.25, 0.3) is 5.69 Å². The van der Waals surface area contributed by atoms with Crippen molar-refractivity contribution in [3.05, 3.63) is 71.4 Å². The summed E-state index contributed by atoms with van der Waals surface area (Å²) in [5.74, 6) is 0.292. The van der Waals surface area contributed by atoms with Crippen LogP contribution >= 0.6 is 0 Å². The number of aliphatic hydroxyl groups is 1. The van der Waals surface area contributed by atoms with Gasteiger partial charge in [0.25, 0.3) is 0 Å². The highest BCUT2D eigenvalue weighted by Gasteiger charge is 2.22. The molecular formula is C26H33F2N3O2. The summed E-state index contributed by atoms with van der Waals surface area (Å²) in [6.45, 7) is 8.05. The maximum atomic E-state index is 13.5. The number of aliphatic hydroxyl groups excluding tert-OH is 1. The average Bonchev–Trinajstić information content (AvgIpc) is 3.09. The van der Waals surface area contributed by atoms with Crippen LogP contribution in [0.4, 0.5) is 8.78 Å². The Balaban J connectivity index is 1.96. The monoisotopic (exact) mass is 457 g/mol. The molecule has 0 saturated heterocycles. The standard InChI is InChI=1S/C26H33F2N3O2/c1-4-6-7-23(32)17-30(16-5-2)18-25-19(3)29-31(22-12-8-20(27)9-13-22)26(25)33-24-14-10-21(28)11-15-24/h8-15,23,32H,4-7,16-18H2,1-3H3/t23-/m1/s1. The smallest absolute Gasteiger partial charge is 0.227 e. The first-order valence-electron chi connectivity index (χ1n) is 11.6. The van der Waals surface area contributed by atoms with Crippen LogP contribution in [0.15, 0.2) is 48.5 Å². The molecule has 5 nitrogen and oxygen atoms in total. The summed E-state index contributed by atoms with van der Waals surface area (Å²) in [5.41, 5.74) is 2.31. The normalized spacial score (nSPS) is 12.3. The Labute approximate surface area is 194 Å². The van der Waals surface area contributed by atoms with Crippen molar-refractivity contribution in [3.8, 4) is 17.3 Å². The summed E-state index contributed by atoms with van der Waals surface area (Å²) in [4.78, 5) is 2.21. The predicted molar refractivity (Wildman–Crippen MR) is 126 cm³/mol. The lowest BCUT2D eigenvalue weighted by Crippen LogP contribution is -2.33. The Morgan fingerprint density at radius 1 is 1.00 bits per heavy atom. The van der Waals surface area contributed by atoms with Crippen LogP contribution in [0.3, 0.4) is 0 Å². The number of aromatic nitrogens is 2. The van der Waals surface area contributed by atoms with Crippen LogP contribution in [0.5, 0.6) is 11.6 Å². The SMILES string of the molecule is CCCC[C@@H](O)CN(CCC)Cc1c(C)nn(-c2ccc(F)cc2)c1Oc1ccc(F)cc1. The largest absolute Gasteiger partial charge is 0.439 e. The maximum Gasteiger partial charge on any atom is 0.227 e. The first-order chi connectivity index (χ1) is 15.9. The van der Waals surface area contributed by atoms with Gasteiger partial charge in [0.1, 0.15) is 17.4 Å². The number of halogens is 2. The van der Waals surface area contributed by atoms with E-state index in [1.807, 2.05) is 6.92 Å². The van der Waals surface area contributed by atoms with E-state index in [0.29, 0.717) is 30.4 Å². The van der Waals surface area contributed by atoms with Crippen molar-refractivity contribution in [2.75, 3.05) is 13.1 Å². The molecule has 0 fully saturated rings. The number of unbranched alkanes of at least 4 members (excludes halogenated alkanes) is 1. The Hall–Kier alpha value is -2.77. The number of benzene rings is 2. The summed E-state index contributed by atoms with van der Waals surface area (Å²) >= 11 is 0. The number of aryl methyl sites for hydroxylation is 1. The molecule has 178 valence electrons. The Morgan fingerprint density at radius 2 is 1.64 bits per heavy atom. The van der Waals surface area contributed by atoms with Crippen LogP contribution in [0.1, 0.15) is 50.8 Å². The van der Waals surface area contributed by atoms with Gasteiger partial charge in [0.05, 0.1) is 23.0 Å². The summed E-state index contributed by atoms with van der Waals surface area (Å²) in [7, 11) is 0. The van der Waals surface area contributed by atoms with Crippen LogP contribution in [0.2, 0.25) is 0 Å². The molecule has 1 atom stereocenters. The van der Waals surface area contributed by atoms with Gasteiger partial charge in [0, 0.05) is 13.1 Å². The molecule has 1 heterocycles. The van der Waals surface area contributed by atoms with E-state index >= 15 is 0 Å². The number of hydrogen-bond acceptors (Lipinski definition) is 4. The van der Waals surface area contributed by atoms with Crippen LogP contribution in [-0.4, -0.2) is 39.0 Å². The predicted octanol–water partition coefficient (Wildman–Crippen LogP) is 6.01. The number of nitrogens with zero attached hydrogens (tertiary/aromatic N) is 3. The molecule has 0 spiro atoms. The second-order valence-electron chi connectivity index (χ2n) is 8.34. The maximum absolute atomic E-state index is 13.5. The average molecular weight is 458 g/mol. The number of hydrogen-bond donors (Lipinski definition) is 1. The minimum atomic E-state index is -0.398. The lowest BCUT2D eigenvalue weighted by atomic mass is 10.1. The van der Waals surface area contributed by atoms with Crippen LogP contribution < -0.4 is 4.74 Å². The molecule has 7 heteroatoms. The zero-order valence-electron chi connectivity index (χ0n) is 19.6. The fourth-order valence-corrected chi connectivity index (χ4v) is 3.80. The van der Waals surface area contributed by atoms with E-state index in [4.69, 9.17) is 4.74 Å². The zero-order chi connectivity index (χ0) is 23.8. The van der Waals surface area contributed by atoms with E-state index < -0.39 is 6.10 Å². The van der Waals surface area contributed by atoms with Crippen molar-refractivity contribution >= 4 is 0 Å². The zero-order valence-corrected chi connectivity index (χ0v) is 19.6. The van der Waals surface area contributed by atoms with E-state index in [2.05, 4.69) is 23.8 Å². The van der Waals surface area contributed by atoms with E-state index in [9.17, 15) is 13.9 Å². The minimum Gasteiger partial charge on any atom is -0.439 e. The van der Waals surface area contributed by atoms with E-state index in [1.54, 1.807) is 28.9 Å². The van der Waals surface area contributed by atoms with Gasteiger partial charge in [-0.05, 0) is 74.8 Å². The van der Waals surface area contributed by atoms with Gasteiger partial charge in [0.15, 0.2) is 0 Å². The second-order valence-corrected chi connectivity index (χ2v) is 8.34. The molecule has 0 saturated carbocycles. The molecule has 3 aromatic rings. The molecule has 3 rings (SSSR count). The van der Waals surface area contributed by atoms with E-state index in [0.717, 1.165) is 43.5 Å². The molecule has 0 aliphatic rings. The van der Waals surface area contributed by atoms with Crippen molar-refractivity contribution in [2.24, 2.45) is 0 Å². The Morgan fingerprint density at radius 3 is 2.24 bits per heavy atom. The van der Waals surface area contributed by atoms with Crippen molar-refractivity contribution in [1.82, 2.24) is 14.7 Å². The molecule has 1 N–H and O–H groups in total. The van der Waals surface area contributed by atoms with Crippen molar-refractivity contribution in [1.29, 1.82) is 0 Å². The van der Waals surface area contributed by atoms with Gasteiger partial charge < -0.3 is 9.84 Å². The molecule has 2 aromatic carbocycles. The summed E-state index contributed by atoms with van der Waals surface area (Å²) < 4.78 is 34.8. The summed E-state index contributed by atoms with van der Waals surface area (Å²) in [5, 5.41) is 15.2. The highest BCUT2D eigenvalue weighted by molar-refractivity contribution is 5.43. The van der Waals surface area contributed by atoms with E-state index in [1.165, 1.54) is 24.3 Å². The molecule has 0 bridgehead atoms. The second kappa shape index (κ2) is 11.9. The van der Waals surface area contributed by atoms with Gasteiger partial charge >= 0.3 is 0 Å². The van der Waals surface area contributed by atoms with E-state index in [-0.39, 0.29) is 11.6 Å². The minimum absolute atomic E-state index is 0.334. The molecule has 0 aliphatic heterocycles. The van der Waals surface area contributed by atoms with Gasteiger partial charge in [0.2, 0.25) is 5.88 Å². The lowest BCUT2D eigenvalue weighted by molar-refractivity contribution is 0.0991. The lowest BCUT2D eigenvalue weighted by Gasteiger charge is -2.25. The summed E-state index contributed by atoms with van der Waals surface area (Å²) in [6.07, 6.45) is 3.35. The Kier molecular flexibility index (Phi) is 8.97. The first-order valence-corrected chi connectivity index (χ1v) is 11.6. The first kappa shape index (κ1) is 24.9. The van der Waals surface area contributed by atoms with Gasteiger partial charge in [-0.2, -0.15) is 5.10 Å². The van der Waals surface area contributed by atoms with Crippen molar-refractivity contribution in [2.45, 2.75) is 59.1 Å². The highest BCUT2D eigenvalue weighted by Crippen LogP contribution is 2.32. The number of ether oxygens (including phenoxy) is 1. The third-order valence-corrected chi connectivity index (χ3v) is 5.52. The molecule has 1 aromatic heterocycles. The third kappa shape index (κ3) is 6.85. The third-order valence-electron chi connectivity index (χ3n) is 5.52. The van der Waals surface area contributed by atoms with Gasteiger partial charge in [-0.15, -0.1) is 0 Å².